The van der Waals surface area contributed by atoms with Gasteiger partial charge >= 0.3 is 0 Å². The molecule has 0 aliphatic heterocycles. The number of carbonyl (C=O) groups is 1. The maximum atomic E-state index is 12.0. The van der Waals surface area contributed by atoms with E-state index >= 15 is 0 Å². The summed E-state index contributed by atoms with van der Waals surface area (Å²) >= 11 is 0. The Hall–Kier alpha value is -3.08. The SMILES string of the molecule is C/C(=N/NC(=O)CCc1c[nH]c2ccccc12)c1ccc(N)cc1. The summed E-state index contributed by atoms with van der Waals surface area (Å²) in [7, 11) is 0. The molecule has 0 spiro atoms. The Morgan fingerprint density at radius 3 is 2.71 bits per heavy atom. The van der Waals surface area contributed by atoms with Crippen LogP contribution >= 0.6 is 0 Å². The van der Waals surface area contributed by atoms with Crippen molar-refractivity contribution in [2.75, 3.05) is 5.73 Å². The number of nitrogens with zero attached hydrogens (tertiary/aromatic N) is 1. The van der Waals surface area contributed by atoms with Gasteiger partial charge in [0.1, 0.15) is 0 Å². The molecule has 2 aromatic carbocycles. The summed E-state index contributed by atoms with van der Waals surface area (Å²) in [5.41, 5.74) is 12.9. The predicted molar refractivity (Wildman–Crippen MR) is 97.8 cm³/mol. The van der Waals surface area contributed by atoms with Crippen LogP contribution in [0.1, 0.15) is 24.5 Å². The lowest BCUT2D eigenvalue weighted by atomic mass is 10.1. The average Bonchev–Trinajstić information content (AvgIpc) is 3.01. The van der Waals surface area contributed by atoms with Crippen LogP contribution in [0.25, 0.3) is 10.9 Å². The molecule has 0 saturated heterocycles. The third-order valence-electron chi connectivity index (χ3n) is 3.97. The van der Waals surface area contributed by atoms with E-state index in [4.69, 9.17) is 5.73 Å². The zero-order valence-corrected chi connectivity index (χ0v) is 13.5. The van der Waals surface area contributed by atoms with Crippen molar-refractivity contribution in [3.05, 3.63) is 65.9 Å². The standard InChI is InChI=1S/C19H20N4O/c1-13(14-6-9-16(20)10-7-14)22-23-19(24)11-8-15-12-21-18-5-3-2-4-17(15)18/h2-7,9-10,12,21H,8,11,20H2,1H3,(H,23,24)/b22-13-. The highest BCUT2D eigenvalue weighted by Gasteiger charge is 2.06. The van der Waals surface area contributed by atoms with Gasteiger partial charge in [-0.1, -0.05) is 30.3 Å². The number of nitrogens with one attached hydrogen (secondary N) is 2. The fourth-order valence-corrected chi connectivity index (χ4v) is 2.58. The average molecular weight is 320 g/mol. The number of hydrogen-bond donors (Lipinski definition) is 3. The number of aromatic amines is 1. The summed E-state index contributed by atoms with van der Waals surface area (Å²) in [6.07, 6.45) is 3.02. The molecular weight excluding hydrogens is 300 g/mol. The zero-order chi connectivity index (χ0) is 16.9. The Bertz CT molecular complexity index is 878. The second-order valence-electron chi connectivity index (χ2n) is 5.71. The van der Waals surface area contributed by atoms with Crippen molar-refractivity contribution < 1.29 is 4.79 Å². The van der Waals surface area contributed by atoms with E-state index in [1.54, 1.807) is 0 Å². The van der Waals surface area contributed by atoms with Gasteiger partial charge in [0, 0.05) is 29.2 Å². The number of hydrazone groups is 1. The van der Waals surface area contributed by atoms with E-state index in [0.29, 0.717) is 18.5 Å². The molecular formula is C19H20N4O. The smallest absolute Gasteiger partial charge is 0.240 e. The first-order chi connectivity index (χ1) is 11.6. The molecule has 24 heavy (non-hydrogen) atoms. The minimum absolute atomic E-state index is 0.102. The molecule has 1 heterocycles. The molecule has 0 saturated carbocycles. The minimum atomic E-state index is -0.102. The van der Waals surface area contributed by atoms with Gasteiger partial charge in [0.2, 0.25) is 5.91 Å². The van der Waals surface area contributed by atoms with Crippen LogP contribution in [0.4, 0.5) is 5.69 Å². The zero-order valence-electron chi connectivity index (χ0n) is 13.5. The number of anilines is 1. The number of nitrogen functional groups attached to an aromatic ring is 1. The van der Waals surface area contributed by atoms with Gasteiger partial charge in [0.25, 0.3) is 0 Å². The number of para-hydroxylation sites is 1. The summed E-state index contributed by atoms with van der Waals surface area (Å²) < 4.78 is 0. The van der Waals surface area contributed by atoms with Crippen molar-refractivity contribution in [2.24, 2.45) is 5.10 Å². The van der Waals surface area contributed by atoms with Gasteiger partial charge in [-0.3, -0.25) is 4.79 Å². The number of benzene rings is 2. The molecule has 4 N–H and O–H groups in total. The molecule has 1 amide bonds. The lowest BCUT2D eigenvalue weighted by Gasteiger charge is -2.03. The van der Waals surface area contributed by atoms with Gasteiger partial charge in [-0.05, 0) is 42.7 Å². The Balaban J connectivity index is 1.57. The molecule has 0 radical (unpaired) electrons. The van der Waals surface area contributed by atoms with Gasteiger partial charge in [-0.2, -0.15) is 5.10 Å². The predicted octanol–water partition coefficient (Wildman–Crippen LogP) is 3.22. The number of aromatic nitrogens is 1. The van der Waals surface area contributed by atoms with Crippen molar-refractivity contribution in [2.45, 2.75) is 19.8 Å². The number of hydrogen-bond acceptors (Lipinski definition) is 3. The van der Waals surface area contributed by atoms with E-state index in [1.807, 2.05) is 55.6 Å². The quantitative estimate of drug-likeness (QED) is 0.383. The highest BCUT2D eigenvalue weighted by molar-refractivity contribution is 5.99. The summed E-state index contributed by atoms with van der Waals surface area (Å²) in [5, 5.41) is 5.31. The number of carbonyl (C=O) groups excluding carboxylic acids is 1. The summed E-state index contributed by atoms with van der Waals surface area (Å²) in [6, 6.07) is 15.5. The van der Waals surface area contributed by atoms with E-state index < -0.39 is 0 Å². The lowest BCUT2D eigenvalue weighted by molar-refractivity contribution is -0.121. The Kier molecular flexibility index (Phi) is 4.61. The molecule has 0 fully saturated rings. The van der Waals surface area contributed by atoms with Crippen LogP contribution in [0.15, 0.2) is 59.8 Å². The van der Waals surface area contributed by atoms with Gasteiger partial charge < -0.3 is 10.7 Å². The van der Waals surface area contributed by atoms with Gasteiger partial charge in [0.15, 0.2) is 0 Å². The number of aryl methyl sites for hydroxylation is 1. The molecule has 0 bridgehead atoms. The number of rotatable bonds is 5. The van der Waals surface area contributed by atoms with Crippen molar-refractivity contribution in [1.82, 2.24) is 10.4 Å². The molecule has 3 aromatic rings. The Labute approximate surface area is 140 Å². The fraction of sp³-hybridized carbons (Fsp3) is 0.158. The molecule has 122 valence electrons. The Morgan fingerprint density at radius 1 is 1.17 bits per heavy atom. The highest BCUT2D eigenvalue weighted by atomic mass is 16.2. The van der Waals surface area contributed by atoms with Crippen molar-refractivity contribution >= 4 is 28.2 Å². The van der Waals surface area contributed by atoms with Gasteiger partial charge in [-0.25, -0.2) is 5.43 Å². The van der Waals surface area contributed by atoms with E-state index in [1.165, 1.54) is 0 Å². The fourth-order valence-electron chi connectivity index (χ4n) is 2.58. The van der Waals surface area contributed by atoms with Crippen LogP contribution in [0, 0.1) is 0 Å². The number of amides is 1. The van der Waals surface area contributed by atoms with Crippen LogP contribution in [-0.2, 0) is 11.2 Å². The van der Waals surface area contributed by atoms with Crippen molar-refractivity contribution in [3.8, 4) is 0 Å². The summed E-state index contributed by atoms with van der Waals surface area (Å²) in [4.78, 5) is 15.2. The van der Waals surface area contributed by atoms with Crippen molar-refractivity contribution in [3.63, 3.8) is 0 Å². The number of nitrogens with two attached hydrogens (primary N) is 1. The normalized spacial score (nSPS) is 11.6. The molecule has 3 rings (SSSR count). The van der Waals surface area contributed by atoms with Crippen LogP contribution < -0.4 is 11.2 Å². The first-order valence-electron chi connectivity index (χ1n) is 7.87. The number of H-pyrrole nitrogens is 1. The molecule has 0 atom stereocenters. The maximum Gasteiger partial charge on any atom is 0.240 e. The van der Waals surface area contributed by atoms with E-state index in [9.17, 15) is 4.79 Å². The van der Waals surface area contributed by atoms with Gasteiger partial charge in [-0.15, -0.1) is 0 Å². The first-order valence-corrected chi connectivity index (χ1v) is 7.87. The largest absolute Gasteiger partial charge is 0.399 e. The molecule has 0 aliphatic carbocycles. The second-order valence-corrected chi connectivity index (χ2v) is 5.71. The lowest BCUT2D eigenvalue weighted by Crippen LogP contribution is -2.19. The molecule has 5 nitrogen and oxygen atoms in total. The van der Waals surface area contributed by atoms with E-state index in [2.05, 4.69) is 21.6 Å². The third-order valence-corrected chi connectivity index (χ3v) is 3.97. The Morgan fingerprint density at radius 2 is 1.92 bits per heavy atom. The molecule has 5 heteroatoms. The first kappa shape index (κ1) is 15.8. The van der Waals surface area contributed by atoms with Crippen LogP contribution in [-0.4, -0.2) is 16.6 Å². The molecule has 1 aromatic heterocycles. The number of fused-ring (bicyclic) bond motifs is 1. The highest BCUT2D eigenvalue weighted by Crippen LogP contribution is 2.18. The summed E-state index contributed by atoms with van der Waals surface area (Å²) in [6.45, 7) is 1.85. The van der Waals surface area contributed by atoms with Crippen molar-refractivity contribution in [1.29, 1.82) is 0 Å². The topological polar surface area (TPSA) is 83.3 Å². The van der Waals surface area contributed by atoms with Crippen LogP contribution in [0.3, 0.4) is 0 Å². The molecule has 0 aliphatic rings. The van der Waals surface area contributed by atoms with E-state index in [0.717, 1.165) is 27.7 Å². The maximum absolute atomic E-state index is 12.0. The van der Waals surface area contributed by atoms with Crippen LogP contribution in [0.2, 0.25) is 0 Å². The molecule has 0 unspecified atom stereocenters. The van der Waals surface area contributed by atoms with E-state index in [-0.39, 0.29) is 5.91 Å². The van der Waals surface area contributed by atoms with Crippen LogP contribution in [0.5, 0.6) is 0 Å². The summed E-state index contributed by atoms with van der Waals surface area (Å²) in [5.74, 6) is -0.102. The monoisotopic (exact) mass is 320 g/mol. The third kappa shape index (κ3) is 3.63. The second kappa shape index (κ2) is 7.00. The van der Waals surface area contributed by atoms with Gasteiger partial charge in [0.05, 0.1) is 5.71 Å². The minimum Gasteiger partial charge on any atom is -0.399 e.